The molecule has 2 fully saturated rings. The second kappa shape index (κ2) is 5.31. The molecule has 4 rings (SSSR count). The van der Waals surface area contributed by atoms with E-state index in [0.29, 0.717) is 37.2 Å². The number of likely N-dealkylation sites (tertiary alicyclic amines) is 1. The summed E-state index contributed by atoms with van der Waals surface area (Å²) in [7, 11) is 1.76. The van der Waals surface area contributed by atoms with Crippen LogP contribution >= 0.6 is 0 Å². The highest BCUT2D eigenvalue weighted by molar-refractivity contribution is 6.02. The zero-order valence-electron chi connectivity index (χ0n) is 12.6. The molecule has 2 aromatic rings. The van der Waals surface area contributed by atoms with E-state index in [1.165, 1.54) is 0 Å². The molecule has 2 aromatic heterocycles. The normalized spacial score (nSPS) is 24.8. The largest absolute Gasteiger partial charge is 0.374 e. The molecule has 23 heavy (non-hydrogen) atoms. The van der Waals surface area contributed by atoms with Gasteiger partial charge in [-0.05, 0) is 12.1 Å². The lowest BCUT2D eigenvalue weighted by Crippen LogP contribution is -2.43. The monoisotopic (exact) mass is 316 g/mol. The van der Waals surface area contributed by atoms with Crippen molar-refractivity contribution in [1.82, 2.24) is 19.9 Å². The molecule has 2 aliphatic rings. The minimum atomic E-state index is -0.252. The Morgan fingerprint density at radius 2 is 2.26 bits per heavy atom. The third-order valence-corrected chi connectivity index (χ3v) is 4.51. The van der Waals surface area contributed by atoms with Crippen LogP contribution in [0.25, 0.3) is 11.0 Å². The van der Waals surface area contributed by atoms with Crippen molar-refractivity contribution < 1.29 is 18.8 Å². The first-order chi connectivity index (χ1) is 11.1. The molecule has 2 atom stereocenters. The van der Waals surface area contributed by atoms with E-state index in [2.05, 4.69) is 10.1 Å². The maximum Gasteiger partial charge on any atom is 0.293 e. The molecule has 2 amide bonds. The average Bonchev–Trinajstić information content (AvgIpc) is 3.15. The van der Waals surface area contributed by atoms with E-state index in [-0.39, 0.29) is 29.7 Å². The standard InChI is InChI=1S/C15H16N4O4/c1-18-10-7-19(8-11(10)22-6-4-12(18)20)15(21)13-9-3-2-5-16-14(9)17-23-13/h2-3,5,10-11H,4,6-8H2,1H3/t10-,11-/m0/s1. The van der Waals surface area contributed by atoms with Gasteiger partial charge in [0.05, 0.1) is 30.6 Å². The summed E-state index contributed by atoms with van der Waals surface area (Å²) in [6.07, 6.45) is 1.82. The summed E-state index contributed by atoms with van der Waals surface area (Å²) in [6.45, 7) is 1.25. The first kappa shape index (κ1) is 14.1. The Labute approximate surface area is 132 Å². The summed E-state index contributed by atoms with van der Waals surface area (Å²) >= 11 is 0. The lowest BCUT2D eigenvalue weighted by Gasteiger charge is -2.24. The first-order valence-electron chi connectivity index (χ1n) is 7.52. The second-order valence-electron chi connectivity index (χ2n) is 5.83. The van der Waals surface area contributed by atoms with Crippen LogP contribution in [0.2, 0.25) is 0 Å². The molecule has 0 radical (unpaired) electrons. The Bertz CT molecular complexity index is 774. The van der Waals surface area contributed by atoms with Gasteiger partial charge in [0.2, 0.25) is 17.3 Å². The summed E-state index contributed by atoms with van der Waals surface area (Å²) in [5.41, 5.74) is 0.410. The van der Waals surface area contributed by atoms with E-state index in [1.807, 2.05) is 0 Å². The number of aromatic nitrogens is 2. The number of rotatable bonds is 1. The number of hydrogen-bond acceptors (Lipinski definition) is 6. The SMILES string of the molecule is CN1C(=O)CCO[C@H]2CN(C(=O)c3onc4ncccc34)C[C@@H]21. The third-order valence-electron chi connectivity index (χ3n) is 4.51. The number of ether oxygens (including phenoxy) is 1. The summed E-state index contributed by atoms with van der Waals surface area (Å²) in [5, 5.41) is 4.41. The molecule has 0 aromatic carbocycles. The van der Waals surface area contributed by atoms with Crippen molar-refractivity contribution in [2.24, 2.45) is 0 Å². The lowest BCUT2D eigenvalue weighted by atomic mass is 10.2. The van der Waals surface area contributed by atoms with Gasteiger partial charge in [-0.3, -0.25) is 9.59 Å². The van der Waals surface area contributed by atoms with Crippen LogP contribution in [-0.2, 0) is 9.53 Å². The molecular formula is C15H16N4O4. The Kier molecular flexibility index (Phi) is 3.26. The molecule has 4 heterocycles. The highest BCUT2D eigenvalue weighted by Crippen LogP contribution is 2.25. The van der Waals surface area contributed by atoms with Crippen molar-refractivity contribution in [1.29, 1.82) is 0 Å². The first-order valence-corrected chi connectivity index (χ1v) is 7.52. The van der Waals surface area contributed by atoms with Gasteiger partial charge < -0.3 is 19.1 Å². The van der Waals surface area contributed by atoms with Gasteiger partial charge in [0.1, 0.15) is 0 Å². The van der Waals surface area contributed by atoms with Crippen LogP contribution in [0, 0.1) is 0 Å². The molecule has 0 spiro atoms. The molecule has 2 saturated heterocycles. The van der Waals surface area contributed by atoms with Gasteiger partial charge in [0, 0.05) is 26.3 Å². The number of pyridine rings is 1. The average molecular weight is 316 g/mol. The number of fused-ring (bicyclic) bond motifs is 2. The Hall–Kier alpha value is -2.48. The number of carbonyl (C=O) groups is 2. The van der Waals surface area contributed by atoms with Crippen LogP contribution in [0.15, 0.2) is 22.9 Å². The molecule has 2 aliphatic heterocycles. The highest BCUT2D eigenvalue weighted by Gasteiger charge is 2.42. The topological polar surface area (TPSA) is 88.8 Å². The minimum Gasteiger partial charge on any atom is -0.374 e. The summed E-state index contributed by atoms with van der Waals surface area (Å²) in [6, 6.07) is 3.37. The molecule has 8 heteroatoms. The second-order valence-corrected chi connectivity index (χ2v) is 5.83. The molecule has 120 valence electrons. The smallest absolute Gasteiger partial charge is 0.293 e. The van der Waals surface area contributed by atoms with E-state index in [1.54, 1.807) is 35.2 Å². The number of nitrogens with zero attached hydrogens (tertiary/aromatic N) is 4. The van der Waals surface area contributed by atoms with E-state index in [0.717, 1.165) is 0 Å². The minimum absolute atomic E-state index is 0.0427. The van der Waals surface area contributed by atoms with Gasteiger partial charge in [-0.25, -0.2) is 4.98 Å². The van der Waals surface area contributed by atoms with Crippen molar-refractivity contribution in [3.05, 3.63) is 24.1 Å². The predicted octanol–water partition coefficient (Wildman–Crippen LogP) is 0.294. The van der Waals surface area contributed by atoms with Crippen molar-refractivity contribution in [2.75, 3.05) is 26.7 Å². The summed E-state index contributed by atoms with van der Waals surface area (Å²) in [5.74, 6) is -0.0299. The van der Waals surface area contributed by atoms with Crippen molar-refractivity contribution in [3.8, 4) is 0 Å². The van der Waals surface area contributed by atoms with Crippen LogP contribution in [-0.4, -0.2) is 70.6 Å². The quantitative estimate of drug-likeness (QED) is 0.751. The summed E-state index contributed by atoms with van der Waals surface area (Å²) in [4.78, 5) is 32.1. The zero-order valence-corrected chi connectivity index (χ0v) is 12.6. The van der Waals surface area contributed by atoms with Crippen LogP contribution in [0.3, 0.4) is 0 Å². The lowest BCUT2D eigenvalue weighted by molar-refractivity contribution is -0.131. The zero-order chi connectivity index (χ0) is 16.0. The van der Waals surface area contributed by atoms with Gasteiger partial charge in [0.15, 0.2) is 0 Å². The van der Waals surface area contributed by atoms with Crippen LogP contribution in [0.1, 0.15) is 17.0 Å². The molecular weight excluding hydrogens is 300 g/mol. The number of hydrogen-bond donors (Lipinski definition) is 0. The highest BCUT2D eigenvalue weighted by atomic mass is 16.5. The van der Waals surface area contributed by atoms with E-state index in [4.69, 9.17) is 9.26 Å². The molecule has 0 saturated carbocycles. The van der Waals surface area contributed by atoms with E-state index in [9.17, 15) is 9.59 Å². The molecule has 0 aliphatic carbocycles. The van der Waals surface area contributed by atoms with Crippen LogP contribution < -0.4 is 0 Å². The van der Waals surface area contributed by atoms with Crippen molar-refractivity contribution in [3.63, 3.8) is 0 Å². The van der Waals surface area contributed by atoms with Crippen molar-refractivity contribution in [2.45, 2.75) is 18.6 Å². The van der Waals surface area contributed by atoms with Crippen LogP contribution in [0.5, 0.6) is 0 Å². The Morgan fingerprint density at radius 3 is 3.13 bits per heavy atom. The maximum absolute atomic E-state index is 12.7. The third kappa shape index (κ3) is 2.26. The van der Waals surface area contributed by atoms with Gasteiger partial charge in [0.25, 0.3) is 5.91 Å². The van der Waals surface area contributed by atoms with E-state index >= 15 is 0 Å². The van der Waals surface area contributed by atoms with Gasteiger partial charge in [-0.1, -0.05) is 5.16 Å². The van der Waals surface area contributed by atoms with Crippen LogP contribution in [0.4, 0.5) is 0 Å². The Balaban J connectivity index is 1.60. The van der Waals surface area contributed by atoms with Gasteiger partial charge in [-0.2, -0.15) is 0 Å². The fraction of sp³-hybridized carbons (Fsp3) is 0.467. The van der Waals surface area contributed by atoms with Crippen molar-refractivity contribution >= 4 is 22.8 Å². The number of amides is 2. The van der Waals surface area contributed by atoms with Gasteiger partial charge >= 0.3 is 0 Å². The number of carbonyl (C=O) groups excluding carboxylic acids is 2. The predicted molar refractivity (Wildman–Crippen MR) is 78.6 cm³/mol. The molecule has 0 unspecified atom stereocenters. The molecule has 8 nitrogen and oxygen atoms in total. The number of likely N-dealkylation sites (N-methyl/N-ethyl adjacent to an activating group) is 1. The fourth-order valence-electron chi connectivity index (χ4n) is 3.20. The van der Waals surface area contributed by atoms with E-state index < -0.39 is 0 Å². The molecule has 0 bridgehead atoms. The summed E-state index contributed by atoms with van der Waals surface area (Å²) < 4.78 is 10.9. The molecule has 0 N–H and O–H groups in total. The Morgan fingerprint density at radius 1 is 1.39 bits per heavy atom. The fourth-order valence-corrected chi connectivity index (χ4v) is 3.20. The maximum atomic E-state index is 12.7. The van der Waals surface area contributed by atoms with Gasteiger partial charge in [-0.15, -0.1) is 0 Å².